The first kappa shape index (κ1) is 16.1. The van der Waals surface area contributed by atoms with Gasteiger partial charge in [0.25, 0.3) is 5.91 Å². The van der Waals surface area contributed by atoms with E-state index in [1.165, 1.54) is 4.90 Å². The number of fused-ring (bicyclic) bond motifs is 1. The average molecular weight is 350 g/mol. The van der Waals surface area contributed by atoms with E-state index in [-0.39, 0.29) is 23.9 Å². The number of para-hydroxylation sites is 1. The van der Waals surface area contributed by atoms with E-state index in [9.17, 15) is 14.4 Å². The molecule has 1 aliphatic rings. The maximum atomic E-state index is 12.9. The van der Waals surface area contributed by atoms with Crippen molar-refractivity contribution in [2.24, 2.45) is 0 Å². The number of amides is 2. The molecule has 0 spiro atoms. The molecule has 7 heteroatoms. The molecule has 1 fully saturated rings. The van der Waals surface area contributed by atoms with Gasteiger partial charge in [-0.1, -0.05) is 18.2 Å². The molecule has 2 amide bonds. The summed E-state index contributed by atoms with van der Waals surface area (Å²) in [4.78, 5) is 43.4. The molecule has 0 aliphatic carbocycles. The van der Waals surface area contributed by atoms with Crippen LogP contribution in [0.1, 0.15) is 17.5 Å². The van der Waals surface area contributed by atoms with E-state index in [0.717, 1.165) is 11.1 Å². The maximum absolute atomic E-state index is 12.9. The standard InChI is InChI=1S/C19H18N4O3/c1-10-4-3-5-11(2)17(10)23-16(24)9-15(18(23)25)20-12-6-7-13-14(8-12)22-19(26)21-13/h3-8,15,20H,9H2,1-2H3,(H2,21,22,26)/t15-/m1/s1. The quantitative estimate of drug-likeness (QED) is 0.631. The fourth-order valence-corrected chi connectivity index (χ4v) is 3.46. The number of hydrogen-bond donors (Lipinski definition) is 3. The number of nitrogens with zero attached hydrogens (tertiary/aromatic N) is 1. The van der Waals surface area contributed by atoms with E-state index in [1.807, 2.05) is 32.0 Å². The minimum absolute atomic E-state index is 0.0916. The first-order valence-electron chi connectivity index (χ1n) is 8.35. The Balaban J connectivity index is 1.63. The molecule has 1 aromatic heterocycles. The first-order valence-corrected chi connectivity index (χ1v) is 8.35. The van der Waals surface area contributed by atoms with Gasteiger partial charge in [-0.15, -0.1) is 0 Å². The van der Waals surface area contributed by atoms with Crippen LogP contribution in [0.4, 0.5) is 11.4 Å². The van der Waals surface area contributed by atoms with Crippen LogP contribution in [-0.2, 0) is 9.59 Å². The Bertz CT molecular complexity index is 1080. The molecule has 7 nitrogen and oxygen atoms in total. The molecular weight excluding hydrogens is 332 g/mol. The molecule has 2 heterocycles. The van der Waals surface area contributed by atoms with Crippen LogP contribution in [0, 0.1) is 13.8 Å². The molecule has 0 radical (unpaired) electrons. The van der Waals surface area contributed by atoms with Crippen molar-refractivity contribution in [2.45, 2.75) is 26.3 Å². The summed E-state index contributed by atoms with van der Waals surface area (Å²) in [6, 6.07) is 10.3. The number of hydrogen-bond acceptors (Lipinski definition) is 4. The fraction of sp³-hybridized carbons (Fsp3) is 0.211. The van der Waals surface area contributed by atoms with Crippen molar-refractivity contribution in [3.8, 4) is 0 Å². The van der Waals surface area contributed by atoms with Crippen molar-refractivity contribution in [3.63, 3.8) is 0 Å². The predicted octanol–water partition coefficient (Wildman–Crippen LogP) is 2.22. The lowest BCUT2D eigenvalue weighted by Gasteiger charge is -2.20. The summed E-state index contributed by atoms with van der Waals surface area (Å²) in [6.07, 6.45) is 0.0916. The lowest BCUT2D eigenvalue weighted by atomic mass is 10.1. The SMILES string of the molecule is Cc1cccc(C)c1N1C(=O)C[C@@H](Nc2ccc3[nH]c(=O)[nH]c3c2)C1=O. The number of carbonyl (C=O) groups is 2. The number of carbonyl (C=O) groups excluding carboxylic acids is 2. The van der Waals surface area contributed by atoms with Crippen LogP contribution in [0.15, 0.2) is 41.2 Å². The number of H-pyrrole nitrogens is 2. The van der Waals surface area contributed by atoms with Crippen LogP contribution in [0.5, 0.6) is 0 Å². The van der Waals surface area contributed by atoms with E-state index in [0.29, 0.717) is 22.4 Å². The van der Waals surface area contributed by atoms with Gasteiger partial charge in [0.15, 0.2) is 0 Å². The van der Waals surface area contributed by atoms with Gasteiger partial charge in [0.05, 0.1) is 23.1 Å². The summed E-state index contributed by atoms with van der Waals surface area (Å²) in [7, 11) is 0. The van der Waals surface area contributed by atoms with Crippen LogP contribution in [0.2, 0.25) is 0 Å². The van der Waals surface area contributed by atoms with Crippen molar-refractivity contribution in [2.75, 3.05) is 10.2 Å². The highest BCUT2D eigenvalue weighted by atomic mass is 16.2. The largest absolute Gasteiger partial charge is 0.373 e. The lowest BCUT2D eigenvalue weighted by Crippen LogP contribution is -2.35. The van der Waals surface area contributed by atoms with Gasteiger partial charge in [-0.25, -0.2) is 9.69 Å². The number of benzene rings is 2. The Kier molecular flexibility index (Phi) is 3.64. The highest BCUT2D eigenvalue weighted by Gasteiger charge is 2.40. The van der Waals surface area contributed by atoms with E-state index in [1.54, 1.807) is 18.2 Å². The summed E-state index contributed by atoms with van der Waals surface area (Å²) < 4.78 is 0. The van der Waals surface area contributed by atoms with Crippen molar-refractivity contribution in [1.29, 1.82) is 0 Å². The molecule has 4 rings (SSSR count). The van der Waals surface area contributed by atoms with Crippen molar-refractivity contribution in [3.05, 3.63) is 58.0 Å². The molecule has 0 bridgehead atoms. The van der Waals surface area contributed by atoms with Gasteiger partial charge < -0.3 is 15.3 Å². The Hall–Kier alpha value is -3.35. The molecule has 1 saturated heterocycles. The summed E-state index contributed by atoms with van der Waals surface area (Å²) in [5, 5.41) is 3.11. The number of aryl methyl sites for hydroxylation is 2. The molecule has 0 saturated carbocycles. The molecule has 0 unspecified atom stereocenters. The van der Waals surface area contributed by atoms with Gasteiger partial charge in [0, 0.05) is 5.69 Å². The zero-order valence-electron chi connectivity index (χ0n) is 14.4. The van der Waals surface area contributed by atoms with Crippen LogP contribution in [-0.4, -0.2) is 27.8 Å². The number of imidazole rings is 1. The third-order valence-corrected chi connectivity index (χ3v) is 4.67. The average Bonchev–Trinajstić information content (AvgIpc) is 3.08. The van der Waals surface area contributed by atoms with Crippen LogP contribution in [0.3, 0.4) is 0 Å². The molecule has 2 aromatic carbocycles. The number of imide groups is 1. The Morgan fingerprint density at radius 2 is 1.69 bits per heavy atom. The second-order valence-electron chi connectivity index (χ2n) is 6.55. The van der Waals surface area contributed by atoms with Gasteiger partial charge in [-0.2, -0.15) is 0 Å². The zero-order chi connectivity index (χ0) is 18.4. The topological polar surface area (TPSA) is 98.1 Å². The minimum Gasteiger partial charge on any atom is -0.373 e. The summed E-state index contributed by atoms with van der Waals surface area (Å²) >= 11 is 0. The second-order valence-corrected chi connectivity index (χ2v) is 6.55. The maximum Gasteiger partial charge on any atom is 0.323 e. The fourth-order valence-electron chi connectivity index (χ4n) is 3.46. The lowest BCUT2D eigenvalue weighted by molar-refractivity contribution is -0.121. The zero-order valence-corrected chi connectivity index (χ0v) is 14.4. The van der Waals surface area contributed by atoms with Gasteiger partial charge in [-0.05, 0) is 43.2 Å². The molecule has 1 atom stereocenters. The van der Waals surface area contributed by atoms with E-state index >= 15 is 0 Å². The Morgan fingerprint density at radius 1 is 1.00 bits per heavy atom. The highest BCUT2D eigenvalue weighted by Crippen LogP contribution is 2.30. The van der Waals surface area contributed by atoms with Crippen molar-refractivity contribution >= 4 is 34.2 Å². The molecule has 26 heavy (non-hydrogen) atoms. The van der Waals surface area contributed by atoms with Gasteiger partial charge in [-0.3, -0.25) is 9.59 Å². The van der Waals surface area contributed by atoms with Crippen LogP contribution in [0.25, 0.3) is 11.0 Å². The van der Waals surface area contributed by atoms with Gasteiger partial charge in [0.2, 0.25) is 5.91 Å². The number of anilines is 2. The second kappa shape index (κ2) is 5.87. The predicted molar refractivity (Wildman–Crippen MR) is 99.4 cm³/mol. The third-order valence-electron chi connectivity index (χ3n) is 4.67. The Morgan fingerprint density at radius 3 is 2.42 bits per heavy atom. The highest BCUT2D eigenvalue weighted by molar-refractivity contribution is 6.23. The van der Waals surface area contributed by atoms with Gasteiger partial charge in [0.1, 0.15) is 6.04 Å². The number of aromatic amines is 2. The molecule has 3 N–H and O–H groups in total. The van der Waals surface area contributed by atoms with E-state index < -0.39 is 6.04 Å². The molecule has 1 aliphatic heterocycles. The normalized spacial score (nSPS) is 17.3. The van der Waals surface area contributed by atoms with Crippen molar-refractivity contribution < 1.29 is 9.59 Å². The number of aromatic nitrogens is 2. The van der Waals surface area contributed by atoms with Crippen LogP contribution < -0.4 is 15.9 Å². The smallest absolute Gasteiger partial charge is 0.323 e. The monoisotopic (exact) mass is 350 g/mol. The molecular formula is C19H18N4O3. The summed E-state index contributed by atoms with van der Waals surface area (Å²) in [5.74, 6) is -0.490. The Labute approximate surface area is 149 Å². The number of rotatable bonds is 3. The number of nitrogens with one attached hydrogen (secondary N) is 3. The minimum atomic E-state index is -0.635. The first-order chi connectivity index (χ1) is 12.4. The third kappa shape index (κ3) is 2.57. The summed E-state index contributed by atoms with van der Waals surface area (Å²) in [6.45, 7) is 3.78. The van der Waals surface area contributed by atoms with E-state index in [2.05, 4.69) is 15.3 Å². The van der Waals surface area contributed by atoms with E-state index in [4.69, 9.17) is 0 Å². The van der Waals surface area contributed by atoms with Gasteiger partial charge >= 0.3 is 5.69 Å². The molecule has 3 aromatic rings. The van der Waals surface area contributed by atoms with Crippen LogP contribution >= 0.6 is 0 Å². The van der Waals surface area contributed by atoms with Crippen molar-refractivity contribution in [1.82, 2.24) is 9.97 Å². The molecule has 132 valence electrons. The summed E-state index contributed by atoms with van der Waals surface area (Å²) in [5.41, 5.74) is 4.15.